The second-order valence-electron chi connectivity index (χ2n) is 9.57. The lowest BCUT2D eigenvalue weighted by Gasteiger charge is -2.50. The van der Waals surface area contributed by atoms with Crippen LogP contribution in [0.3, 0.4) is 0 Å². The third kappa shape index (κ3) is 5.07. The average Bonchev–Trinajstić information content (AvgIpc) is 3.30. The molecule has 1 aliphatic heterocycles. The Morgan fingerprint density at radius 1 is 1.12 bits per heavy atom. The summed E-state index contributed by atoms with van der Waals surface area (Å²) in [5.41, 5.74) is 8.51. The topological polar surface area (TPSA) is 67.6 Å². The summed E-state index contributed by atoms with van der Waals surface area (Å²) in [5, 5.41) is 3.06. The highest BCUT2D eigenvalue weighted by Crippen LogP contribution is 2.50. The molecule has 2 aromatic carbocycles. The second-order valence-corrected chi connectivity index (χ2v) is 9.57. The summed E-state index contributed by atoms with van der Waals surface area (Å²) >= 11 is 0. The third-order valence-electron chi connectivity index (χ3n) is 7.93. The highest BCUT2D eigenvalue weighted by molar-refractivity contribution is 5.67. The minimum absolute atomic E-state index is 0.0217. The number of carbonyl (C=O) groups excluding carboxylic acids is 1. The minimum atomic E-state index is -0.408. The lowest BCUT2D eigenvalue weighted by atomic mass is 9.58. The number of carbonyl (C=O) groups is 1. The maximum absolute atomic E-state index is 14.4. The van der Waals surface area contributed by atoms with E-state index in [0.717, 1.165) is 57.3 Å². The van der Waals surface area contributed by atoms with E-state index in [1.54, 1.807) is 12.1 Å². The van der Waals surface area contributed by atoms with E-state index in [9.17, 15) is 9.18 Å². The van der Waals surface area contributed by atoms with Gasteiger partial charge in [0.25, 0.3) is 0 Å². The zero-order valence-electron chi connectivity index (χ0n) is 19.5. The van der Waals surface area contributed by atoms with Crippen molar-refractivity contribution in [3.8, 4) is 0 Å². The van der Waals surface area contributed by atoms with Gasteiger partial charge in [0.1, 0.15) is 5.82 Å². The number of nitrogens with two attached hydrogens (primary N) is 1. The van der Waals surface area contributed by atoms with Gasteiger partial charge in [-0.05, 0) is 73.9 Å². The van der Waals surface area contributed by atoms with Gasteiger partial charge in [-0.2, -0.15) is 0 Å². The number of hydrogen-bond acceptors (Lipinski definition) is 4. The summed E-state index contributed by atoms with van der Waals surface area (Å²) in [6.07, 6.45) is 4.47. The summed E-state index contributed by atoms with van der Waals surface area (Å²) in [4.78, 5) is 14.6. The molecule has 3 N–H and O–H groups in total. The van der Waals surface area contributed by atoms with Crippen LogP contribution in [0.25, 0.3) is 0 Å². The Morgan fingerprint density at radius 2 is 1.88 bits per heavy atom. The van der Waals surface area contributed by atoms with Crippen LogP contribution in [0.5, 0.6) is 0 Å². The summed E-state index contributed by atoms with van der Waals surface area (Å²) in [5.74, 6) is 0.234. The van der Waals surface area contributed by atoms with Crippen molar-refractivity contribution in [2.75, 3.05) is 26.7 Å². The van der Waals surface area contributed by atoms with Gasteiger partial charge < -0.3 is 15.8 Å². The molecular formula is C27H36FN3O2. The molecule has 3 atom stereocenters. The maximum atomic E-state index is 14.4. The fourth-order valence-electron chi connectivity index (χ4n) is 6.37. The predicted octanol–water partition coefficient (Wildman–Crippen LogP) is 4.46. The molecule has 1 saturated carbocycles. The van der Waals surface area contributed by atoms with Crippen LogP contribution in [0.15, 0.2) is 54.6 Å². The number of ether oxygens (including phenoxy) is 1. The zero-order valence-corrected chi connectivity index (χ0v) is 19.5. The molecule has 1 aliphatic carbocycles. The van der Waals surface area contributed by atoms with Crippen molar-refractivity contribution in [3.63, 3.8) is 0 Å². The van der Waals surface area contributed by atoms with Crippen LogP contribution < -0.4 is 11.1 Å². The first-order valence-corrected chi connectivity index (χ1v) is 12.1. The van der Waals surface area contributed by atoms with Crippen molar-refractivity contribution in [1.82, 2.24) is 10.2 Å². The number of rotatable bonds is 7. The Labute approximate surface area is 196 Å². The van der Waals surface area contributed by atoms with E-state index in [0.29, 0.717) is 12.5 Å². The molecule has 5 nitrogen and oxygen atoms in total. The molecule has 1 unspecified atom stereocenters. The smallest absolute Gasteiger partial charge is 0.407 e. The van der Waals surface area contributed by atoms with Crippen LogP contribution in [0, 0.1) is 17.7 Å². The van der Waals surface area contributed by atoms with Crippen molar-refractivity contribution in [1.29, 1.82) is 0 Å². The Balaban J connectivity index is 1.60. The van der Waals surface area contributed by atoms with Gasteiger partial charge in [0, 0.05) is 24.5 Å². The molecule has 0 bridgehead atoms. The molecule has 2 aromatic rings. The molecule has 0 radical (unpaired) electrons. The van der Waals surface area contributed by atoms with E-state index in [1.165, 1.54) is 18.7 Å². The molecule has 0 spiro atoms. The number of nitrogens with zero attached hydrogens (tertiary/aromatic N) is 1. The Hall–Kier alpha value is -2.44. The number of alkyl carbamates (subject to hydrolysis) is 1. The number of nitrogens with one attached hydrogen (secondary N) is 1. The van der Waals surface area contributed by atoms with Crippen LogP contribution in [-0.4, -0.2) is 43.8 Å². The number of likely N-dealkylation sites (tertiary alicyclic amines) is 1. The average molecular weight is 454 g/mol. The van der Waals surface area contributed by atoms with Crippen LogP contribution in [0.2, 0.25) is 0 Å². The van der Waals surface area contributed by atoms with Crippen molar-refractivity contribution >= 4 is 6.09 Å². The highest BCUT2D eigenvalue weighted by Gasteiger charge is 2.51. The Morgan fingerprint density at radius 3 is 2.55 bits per heavy atom. The summed E-state index contributed by atoms with van der Waals surface area (Å²) in [6, 6.07) is 17.5. The number of methoxy groups -OCH3 is 1. The maximum Gasteiger partial charge on any atom is 0.407 e. The first-order chi connectivity index (χ1) is 16.1. The molecule has 33 heavy (non-hydrogen) atoms. The normalized spacial score (nSPS) is 23.7. The predicted molar refractivity (Wildman–Crippen MR) is 128 cm³/mol. The van der Waals surface area contributed by atoms with Gasteiger partial charge in [-0.15, -0.1) is 0 Å². The van der Waals surface area contributed by atoms with Crippen molar-refractivity contribution in [2.45, 2.75) is 50.1 Å². The van der Waals surface area contributed by atoms with Crippen LogP contribution in [0.4, 0.5) is 9.18 Å². The molecule has 2 fully saturated rings. The van der Waals surface area contributed by atoms with E-state index >= 15 is 0 Å². The van der Waals surface area contributed by atoms with E-state index in [2.05, 4.69) is 34.5 Å². The quantitative estimate of drug-likeness (QED) is 0.650. The largest absolute Gasteiger partial charge is 0.453 e. The van der Waals surface area contributed by atoms with E-state index in [1.807, 2.05) is 12.1 Å². The fraction of sp³-hybridized carbons (Fsp3) is 0.519. The summed E-state index contributed by atoms with van der Waals surface area (Å²) in [6.45, 7) is 3.35. The molecule has 178 valence electrons. The number of halogens is 1. The third-order valence-corrected chi connectivity index (χ3v) is 7.93. The molecule has 4 rings (SSSR count). The van der Waals surface area contributed by atoms with Crippen LogP contribution >= 0.6 is 0 Å². The number of hydrogen-bond donors (Lipinski definition) is 2. The molecule has 1 amide bonds. The van der Waals surface area contributed by atoms with Gasteiger partial charge >= 0.3 is 6.09 Å². The van der Waals surface area contributed by atoms with Crippen LogP contribution in [-0.2, 0) is 16.7 Å². The molecule has 6 heteroatoms. The van der Waals surface area contributed by atoms with Crippen LogP contribution in [0.1, 0.15) is 43.2 Å². The number of benzene rings is 2. The molecule has 2 aliphatic rings. The Bertz CT molecular complexity index is 917. The monoisotopic (exact) mass is 453 g/mol. The van der Waals surface area contributed by atoms with Gasteiger partial charge in [-0.25, -0.2) is 9.18 Å². The molecule has 1 saturated heterocycles. The molecule has 1 heterocycles. The van der Waals surface area contributed by atoms with Crippen molar-refractivity contribution < 1.29 is 13.9 Å². The SMILES string of the molecule is COC(=O)N[C@H]1CCC[C@@H]1C(CN)(c1cccc(F)c1)C1CCN(Cc2ccccc2)CC1. The first kappa shape index (κ1) is 23.7. The molecule has 0 aromatic heterocycles. The lowest BCUT2D eigenvalue weighted by molar-refractivity contribution is 0.0764. The Kier molecular flexibility index (Phi) is 7.66. The van der Waals surface area contributed by atoms with Gasteiger partial charge in [-0.3, -0.25) is 4.90 Å². The summed E-state index contributed by atoms with van der Waals surface area (Å²) in [7, 11) is 1.39. The van der Waals surface area contributed by atoms with Gasteiger partial charge in [-0.1, -0.05) is 48.9 Å². The first-order valence-electron chi connectivity index (χ1n) is 12.1. The van der Waals surface area contributed by atoms with E-state index < -0.39 is 6.09 Å². The second kappa shape index (κ2) is 10.7. The minimum Gasteiger partial charge on any atom is -0.453 e. The van der Waals surface area contributed by atoms with Gasteiger partial charge in [0.2, 0.25) is 0 Å². The zero-order chi connectivity index (χ0) is 23.3. The van der Waals surface area contributed by atoms with E-state index in [4.69, 9.17) is 10.5 Å². The molecular weight excluding hydrogens is 417 g/mol. The van der Waals surface area contributed by atoms with Crippen molar-refractivity contribution in [2.24, 2.45) is 17.6 Å². The fourth-order valence-corrected chi connectivity index (χ4v) is 6.37. The highest BCUT2D eigenvalue weighted by atomic mass is 19.1. The summed E-state index contributed by atoms with van der Waals surface area (Å²) < 4.78 is 19.3. The van der Waals surface area contributed by atoms with Crippen molar-refractivity contribution in [3.05, 3.63) is 71.5 Å². The van der Waals surface area contributed by atoms with Gasteiger partial charge in [0.05, 0.1) is 7.11 Å². The standard InChI is InChI=1S/C27H36FN3O2/c1-33-26(32)30-25-12-6-11-24(25)27(19-29,22-9-5-10-23(28)17-22)21-13-15-31(16-14-21)18-20-7-3-2-4-8-20/h2-5,7-10,17,21,24-25H,6,11-16,18-19,29H2,1H3,(H,30,32)/t24-,25-,27?/m0/s1. The van der Waals surface area contributed by atoms with E-state index in [-0.39, 0.29) is 23.2 Å². The van der Waals surface area contributed by atoms with Gasteiger partial charge in [0.15, 0.2) is 0 Å². The number of piperidine rings is 1. The lowest BCUT2D eigenvalue weighted by Crippen LogP contribution is -2.56. The number of amides is 1.